The number of carbonyl (C=O) groups excluding carboxylic acids is 2. The van der Waals surface area contributed by atoms with Crippen LogP contribution in [0.3, 0.4) is 0 Å². The van der Waals surface area contributed by atoms with Gasteiger partial charge in [-0.15, -0.1) is 0 Å². The zero-order valence-electron chi connectivity index (χ0n) is 15.9. The molecule has 1 aliphatic heterocycles. The van der Waals surface area contributed by atoms with E-state index in [1.54, 1.807) is 30.2 Å². The van der Waals surface area contributed by atoms with Crippen molar-refractivity contribution in [2.45, 2.75) is 23.9 Å². The Bertz CT molecular complexity index is 1010. The maximum Gasteiger partial charge on any atom is 0.327 e. The summed E-state index contributed by atoms with van der Waals surface area (Å²) in [4.78, 5) is 28.5. The summed E-state index contributed by atoms with van der Waals surface area (Å²) in [6, 6.07) is 14.8. The molecule has 0 saturated carbocycles. The van der Waals surface area contributed by atoms with Crippen LogP contribution in [0.1, 0.15) is 24.1 Å². The van der Waals surface area contributed by atoms with Gasteiger partial charge >= 0.3 is 6.03 Å². The fourth-order valence-electron chi connectivity index (χ4n) is 3.27. The normalized spacial score (nSPS) is 20.2. The number of benzene rings is 2. The fraction of sp³-hybridized carbons (Fsp3) is 0.238. The molecule has 2 aromatic carbocycles. The number of amides is 3. The summed E-state index contributed by atoms with van der Waals surface area (Å²) in [6.07, 6.45) is 4.06. The molecule has 0 spiro atoms. The van der Waals surface area contributed by atoms with Gasteiger partial charge in [0.25, 0.3) is 5.91 Å². The molecule has 0 radical (unpaired) electrons. The molecule has 0 bridgehead atoms. The highest BCUT2D eigenvalue weighted by Crippen LogP contribution is 2.34. The lowest BCUT2D eigenvalue weighted by atomic mass is 10.0. The van der Waals surface area contributed by atoms with Crippen LogP contribution in [-0.2, 0) is 14.6 Å². The molecule has 146 valence electrons. The van der Waals surface area contributed by atoms with E-state index in [0.29, 0.717) is 5.56 Å². The monoisotopic (exact) mass is 398 g/mol. The minimum absolute atomic E-state index is 0.152. The summed E-state index contributed by atoms with van der Waals surface area (Å²) < 4.78 is 23.1. The van der Waals surface area contributed by atoms with E-state index in [2.05, 4.69) is 0 Å². The summed E-state index contributed by atoms with van der Waals surface area (Å²) in [5.41, 5.74) is 1.57. The maximum atomic E-state index is 12.8. The number of sulfone groups is 1. The zero-order chi connectivity index (χ0) is 20.5. The van der Waals surface area contributed by atoms with Crippen molar-refractivity contribution in [3.63, 3.8) is 0 Å². The quantitative estimate of drug-likeness (QED) is 0.742. The van der Waals surface area contributed by atoms with Gasteiger partial charge in [-0.2, -0.15) is 0 Å². The van der Waals surface area contributed by atoms with Crippen LogP contribution in [0, 0.1) is 0 Å². The largest absolute Gasteiger partial charge is 0.327 e. The van der Waals surface area contributed by atoms with Gasteiger partial charge in [0, 0.05) is 19.4 Å². The Labute approximate surface area is 165 Å². The van der Waals surface area contributed by atoms with Crippen LogP contribution in [0.4, 0.5) is 4.79 Å². The van der Waals surface area contributed by atoms with Gasteiger partial charge in [-0.1, -0.05) is 42.5 Å². The van der Waals surface area contributed by atoms with Crippen LogP contribution in [0.2, 0.25) is 0 Å². The first-order valence-corrected chi connectivity index (χ1v) is 10.7. The van der Waals surface area contributed by atoms with Gasteiger partial charge in [0.1, 0.15) is 0 Å². The number of urea groups is 1. The lowest BCUT2D eigenvalue weighted by molar-refractivity contribution is -0.124. The second kappa shape index (κ2) is 7.59. The van der Waals surface area contributed by atoms with E-state index in [1.165, 1.54) is 23.1 Å². The number of rotatable bonds is 4. The van der Waals surface area contributed by atoms with Crippen LogP contribution in [0.15, 0.2) is 65.6 Å². The number of hydrogen-bond donors (Lipinski definition) is 0. The Hall–Kier alpha value is -2.93. The Morgan fingerprint density at radius 2 is 1.64 bits per heavy atom. The van der Waals surface area contributed by atoms with E-state index >= 15 is 0 Å². The standard InChI is InChI=1S/C21H22N2O4S/c1-15-20(17-7-5-4-6-8-17)23(21(25)22(15)2)19(24)14-11-16-9-12-18(13-10-16)28(3,26)27/h4-15,20H,1-3H3/t15-,20-/m1/s1. The van der Waals surface area contributed by atoms with Crippen molar-refractivity contribution >= 4 is 27.9 Å². The molecular weight excluding hydrogens is 376 g/mol. The van der Waals surface area contributed by atoms with E-state index in [0.717, 1.165) is 11.8 Å². The van der Waals surface area contributed by atoms with Crippen molar-refractivity contribution < 1.29 is 18.0 Å². The van der Waals surface area contributed by atoms with E-state index in [1.807, 2.05) is 37.3 Å². The average molecular weight is 398 g/mol. The number of carbonyl (C=O) groups is 2. The molecule has 1 heterocycles. The molecule has 1 saturated heterocycles. The molecule has 2 atom stereocenters. The molecule has 3 rings (SSSR count). The second-order valence-electron chi connectivity index (χ2n) is 6.87. The maximum absolute atomic E-state index is 12.8. The highest BCUT2D eigenvalue weighted by molar-refractivity contribution is 7.90. The van der Waals surface area contributed by atoms with Gasteiger partial charge < -0.3 is 4.90 Å². The second-order valence-corrected chi connectivity index (χ2v) is 8.89. The molecule has 0 aliphatic carbocycles. The third-order valence-electron chi connectivity index (χ3n) is 4.96. The average Bonchev–Trinajstić information content (AvgIpc) is 2.90. The molecule has 0 N–H and O–H groups in total. The molecule has 1 fully saturated rings. The van der Waals surface area contributed by atoms with Gasteiger partial charge in [0.15, 0.2) is 9.84 Å². The molecule has 1 aliphatic rings. The molecule has 3 amide bonds. The van der Waals surface area contributed by atoms with E-state index in [4.69, 9.17) is 0 Å². The summed E-state index contributed by atoms with van der Waals surface area (Å²) in [7, 11) is -1.59. The van der Waals surface area contributed by atoms with E-state index in [9.17, 15) is 18.0 Å². The minimum Gasteiger partial charge on any atom is -0.322 e. The van der Waals surface area contributed by atoms with E-state index in [-0.39, 0.29) is 23.0 Å². The summed E-state index contributed by atoms with van der Waals surface area (Å²) in [6.45, 7) is 1.91. The Morgan fingerprint density at radius 1 is 1.04 bits per heavy atom. The van der Waals surface area contributed by atoms with Gasteiger partial charge in [-0.25, -0.2) is 13.2 Å². The van der Waals surface area contributed by atoms with Crippen molar-refractivity contribution in [2.75, 3.05) is 13.3 Å². The number of likely N-dealkylation sites (N-methyl/N-ethyl adjacent to an activating group) is 1. The molecule has 2 aromatic rings. The van der Waals surface area contributed by atoms with E-state index < -0.39 is 15.7 Å². The molecule has 28 heavy (non-hydrogen) atoms. The van der Waals surface area contributed by atoms with Crippen LogP contribution in [0.5, 0.6) is 0 Å². The highest BCUT2D eigenvalue weighted by Gasteiger charge is 2.44. The van der Waals surface area contributed by atoms with Gasteiger partial charge in [-0.3, -0.25) is 9.69 Å². The predicted octanol–water partition coefficient (Wildman–Crippen LogP) is 3.13. The van der Waals surface area contributed by atoms with Crippen molar-refractivity contribution in [3.05, 3.63) is 71.8 Å². The molecule has 0 aromatic heterocycles. The Kier molecular flexibility index (Phi) is 5.38. The fourth-order valence-corrected chi connectivity index (χ4v) is 3.90. The third kappa shape index (κ3) is 3.84. The lowest BCUT2D eigenvalue weighted by Crippen LogP contribution is -2.35. The summed E-state index contributed by atoms with van der Waals surface area (Å²) in [5.74, 6) is -0.415. The van der Waals surface area contributed by atoms with Crippen LogP contribution < -0.4 is 0 Å². The van der Waals surface area contributed by atoms with Crippen LogP contribution in [0.25, 0.3) is 6.08 Å². The Balaban J connectivity index is 1.85. The first-order valence-electron chi connectivity index (χ1n) is 8.83. The van der Waals surface area contributed by atoms with Gasteiger partial charge in [0.05, 0.1) is 17.0 Å². The molecule has 7 heteroatoms. The van der Waals surface area contributed by atoms with Gasteiger partial charge in [-0.05, 0) is 36.3 Å². The van der Waals surface area contributed by atoms with Gasteiger partial charge in [0.2, 0.25) is 0 Å². The zero-order valence-corrected chi connectivity index (χ0v) is 16.8. The molecule has 6 nitrogen and oxygen atoms in total. The first kappa shape index (κ1) is 19.8. The van der Waals surface area contributed by atoms with Crippen molar-refractivity contribution in [2.24, 2.45) is 0 Å². The Morgan fingerprint density at radius 3 is 2.21 bits per heavy atom. The van der Waals surface area contributed by atoms with Crippen molar-refractivity contribution in [3.8, 4) is 0 Å². The molecular formula is C21H22N2O4S. The topological polar surface area (TPSA) is 74.8 Å². The van der Waals surface area contributed by atoms with Crippen LogP contribution >= 0.6 is 0 Å². The highest BCUT2D eigenvalue weighted by atomic mass is 32.2. The van der Waals surface area contributed by atoms with Crippen molar-refractivity contribution in [1.29, 1.82) is 0 Å². The first-order chi connectivity index (χ1) is 13.2. The lowest BCUT2D eigenvalue weighted by Gasteiger charge is -2.23. The number of nitrogens with zero attached hydrogens (tertiary/aromatic N) is 2. The third-order valence-corrected chi connectivity index (χ3v) is 6.09. The smallest absolute Gasteiger partial charge is 0.322 e. The summed E-state index contributed by atoms with van der Waals surface area (Å²) in [5, 5.41) is 0. The molecule has 0 unspecified atom stereocenters. The minimum atomic E-state index is -3.27. The number of imide groups is 1. The predicted molar refractivity (Wildman–Crippen MR) is 107 cm³/mol. The van der Waals surface area contributed by atoms with Crippen molar-refractivity contribution in [1.82, 2.24) is 9.80 Å². The van der Waals surface area contributed by atoms with Crippen LogP contribution in [-0.4, -0.2) is 49.5 Å². The summed E-state index contributed by atoms with van der Waals surface area (Å²) >= 11 is 0. The SMILES string of the molecule is C[C@@H]1[C@H](c2ccccc2)N(C(=O)C=Cc2ccc(S(C)(=O)=O)cc2)C(=O)N1C. The number of hydrogen-bond acceptors (Lipinski definition) is 4.